The topological polar surface area (TPSA) is 113 Å². The molecule has 0 atom stereocenters. The third-order valence-corrected chi connectivity index (χ3v) is 3.97. The highest BCUT2D eigenvalue weighted by molar-refractivity contribution is 4.57. The zero-order chi connectivity index (χ0) is 25.7. The van der Waals surface area contributed by atoms with Crippen LogP contribution >= 0.6 is 0 Å². The monoisotopic (exact) mass is 514 g/mol. The molecule has 0 saturated heterocycles. The van der Waals surface area contributed by atoms with Crippen LogP contribution < -0.4 is 0 Å². The highest BCUT2D eigenvalue weighted by Gasteiger charge is 2.08. The molecule has 1 N–H and O–H groups in total. The first-order chi connectivity index (χ1) is 17.1. The fourth-order valence-corrected chi connectivity index (χ4v) is 2.33. The van der Waals surface area contributed by atoms with Crippen LogP contribution in [0.3, 0.4) is 0 Å². The maximum Gasteiger partial charge on any atom is 0.0707 e. The Morgan fingerprint density at radius 2 is 0.543 bits per heavy atom. The van der Waals surface area contributed by atoms with Crippen molar-refractivity contribution in [3.8, 4) is 0 Å². The summed E-state index contributed by atoms with van der Waals surface area (Å²) >= 11 is 0. The van der Waals surface area contributed by atoms with Gasteiger partial charge in [0.1, 0.15) is 0 Å². The number of aliphatic hydroxyl groups is 1. The predicted octanol–water partition coefficient (Wildman–Crippen LogP) is 0.943. The Morgan fingerprint density at radius 1 is 0.343 bits per heavy atom. The van der Waals surface area contributed by atoms with E-state index in [1.807, 2.05) is 20.8 Å². The van der Waals surface area contributed by atoms with Crippen LogP contribution in [-0.2, 0) is 47.4 Å². The van der Waals surface area contributed by atoms with Gasteiger partial charge in [-0.2, -0.15) is 0 Å². The van der Waals surface area contributed by atoms with Crippen molar-refractivity contribution in [2.75, 3.05) is 132 Å². The van der Waals surface area contributed by atoms with Crippen molar-refractivity contribution in [3.63, 3.8) is 0 Å². The third-order valence-electron chi connectivity index (χ3n) is 3.97. The minimum absolute atomic E-state index is 0.0294. The Labute approximate surface area is 211 Å². The first-order valence-corrected chi connectivity index (χ1v) is 12.5. The quantitative estimate of drug-likeness (QED) is 0.144. The van der Waals surface area contributed by atoms with Gasteiger partial charge in [0, 0.05) is 0 Å². The molecule has 0 amide bonds. The maximum absolute atomic E-state index is 8.55. The van der Waals surface area contributed by atoms with Gasteiger partial charge in [-0.1, -0.05) is 0 Å². The average Bonchev–Trinajstić information content (AvgIpc) is 2.82. The molecule has 212 valence electrons. The van der Waals surface area contributed by atoms with Gasteiger partial charge in [0.15, 0.2) is 0 Å². The lowest BCUT2D eigenvalue weighted by Gasteiger charge is -2.19. The van der Waals surface area contributed by atoms with Gasteiger partial charge in [-0.15, -0.1) is 0 Å². The van der Waals surface area contributed by atoms with Crippen molar-refractivity contribution in [2.24, 2.45) is 0 Å². The van der Waals surface area contributed by atoms with E-state index < -0.39 is 0 Å². The molecule has 0 aliphatic heterocycles. The van der Waals surface area contributed by atoms with Gasteiger partial charge in [-0.25, -0.2) is 0 Å². The minimum atomic E-state index is -0.129. The van der Waals surface area contributed by atoms with E-state index in [1.54, 1.807) is 0 Å². The molecule has 0 aliphatic rings. The van der Waals surface area contributed by atoms with E-state index in [4.69, 9.17) is 52.5 Å². The molecule has 0 aromatic heterocycles. The van der Waals surface area contributed by atoms with Gasteiger partial charge >= 0.3 is 0 Å². The second-order valence-corrected chi connectivity index (χ2v) is 8.20. The van der Waals surface area contributed by atoms with E-state index in [-0.39, 0.29) is 12.2 Å². The summed E-state index contributed by atoms with van der Waals surface area (Å²) in [6.45, 7) is 15.9. The summed E-state index contributed by atoms with van der Waals surface area (Å²) in [4.78, 5) is 0. The van der Waals surface area contributed by atoms with Crippen LogP contribution in [0.1, 0.15) is 20.8 Å². The number of aliphatic hydroxyl groups excluding tert-OH is 1. The molecule has 0 unspecified atom stereocenters. The number of ether oxygens (including phenoxy) is 10. The molecule has 0 radical (unpaired) electrons. The van der Waals surface area contributed by atoms with Gasteiger partial charge in [-0.05, 0) is 20.8 Å². The summed E-state index contributed by atoms with van der Waals surface area (Å²) in [5.74, 6) is 0. The second-order valence-electron chi connectivity index (χ2n) is 8.20. The highest BCUT2D eigenvalue weighted by atomic mass is 16.6. The van der Waals surface area contributed by atoms with Gasteiger partial charge in [0.05, 0.1) is 138 Å². The van der Waals surface area contributed by atoms with E-state index in [0.29, 0.717) is 126 Å². The standard InChI is InChI=1S/C24H50O11/c1-24(2,3)35-23-22-34-21-20-33-19-18-32-17-16-31-15-14-30-13-12-29-11-10-28-9-8-27-7-6-26-5-4-25/h25H,4-23H2,1-3H3. The van der Waals surface area contributed by atoms with Crippen LogP contribution in [0.5, 0.6) is 0 Å². The Kier molecular flexibility index (Phi) is 27.8. The number of hydrogen-bond donors (Lipinski definition) is 1. The summed E-state index contributed by atoms with van der Waals surface area (Å²) in [6, 6.07) is 0. The number of rotatable bonds is 29. The Bertz CT molecular complexity index is 394. The first-order valence-electron chi connectivity index (χ1n) is 12.5. The Morgan fingerprint density at radius 3 is 0.743 bits per heavy atom. The Hall–Kier alpha value is -0.440. The minimum Gasteiger partial charge on any atom is -0.394 e. The normalized spacial score (nSPS) is 12.0. The third kappa shape index (κ3) is 33.6. The SMILES string of the molecule is CC(C)(C)OCCOCCOCCOCCOCCOCCOCCOCCOCCOCCO. The second kappa shape index (κ2) is 28.1. The largest absolute Gasteiger partial charge is 0.394 e. The molecular weight excluding hydrogens is 464 g/mol. The van der Waals surface area contributed by atoms with Gasteiger partial charge < -0.3 is 52.5 Å². The van der Waals surface area contributed by atoms with E-state index in [0.717, 1.165) is 0 Å². The molecule has 0 bridgehead atoms. The highest BCUT2D eigenvalue weighted by Crippen LogP contribution is 2.05. The van der Waals surface area contributed by atoms with Crippen LogP contribution in [0, 0.1) is 0 Å². The fraction of sp³-hybridized carbons (Fsp3) is 1.00. The lowest BCUT2D eigenvalue weighted by Crippen LogP contribution is -2.22. The van der Waals surface area contributed by atoms with Crippen molar-refractivity contribution in [1.29, 1.82) is 0 Å². The summed E-state index contributed by atoms with van der Waals surface area (Å²) in [6.07, 6.45) is 0. The van der Waals surface area contributed by atoms with E-state index in [9.17, 15) is 0 Å². The van der Waals surface area contributed by atoms with Crippen molar-refractivity contribution in [1.82, 2.24) is 0 Å². The van der Waals surface area contributed by atoms with E-state index in [1.165, 1.54) is 0 Å². The molecule has 0 aliphatic carbocycles. The van der Waals surface area contributed by atoms with Crippen LogP contribution in [0.15, 0.2) is 0 Å². The predicted molar refractivity (Wildman–Crippen MR) is 130 cm³/mol. The summed E-state index contributed by atoms with van der Waals surface area (Å²) < 4.78 is 54.0. The molecule has 0 rings (SSSR count). The van der Waals surface area contributed by atoms with E-state index >= 15 is 0 Å². The zero-order valence-corrected chi connectivity index (χ0v) is 22.2. The van der Waals surface area contributed by atoms with Crippen molar-refractivity contribution in [3.05, 3.63) is 0 Å². The van der Waals surface area contributed by atoms with E-state index in [2.05, 4.69) is 0 Å². The lowest BCUT2D eigenvalue weighted by molar-refractivity contribution is -0.0467. The molecule has 11 nitrogen and oxygen atoms in total. The molecule has 0 fully saturated rings. The van der Waals surface area contributed by atoms with Gasteiger partial charge in [0.2, 0.25) is 0 Å². The lowest BCUT2D eigenvalue weighted by atomic mass is 10.2. The maximum atomic E-state index is 8.55. The molecule has 0 heterocycles. The van der Waals surface area contributed by atoms with Crippen LogP contribution in [0.4, 0.5) is 0 Å². The first kappa shape index (κ1) is 34.6. The van der Waals surface area contributed by atoms with Crippen molar-refractivity contribution < 1.29 is 52.5 Å². The number of hydrogen-bond acceptors (Lipinski definition) is 11. The molecule has 0 aromatic rings. The average molecular weight is 515 g/mol. The summed E-state index contributed by atoms with van der Waals surface area (Å²) in [7, 11) is 0. The molecule has 35 heavy (non-hydrogen) atoms. The Balaban J connectivity index is 3.03. The van der Waals surface area contributed by atoms with Crippen LogP contribution in [0.2, 0.25) is 0 Å². The van der Waals surface area contributed by atoms with Crippen molar-refractivity contribution >= 4 is 0 Å². The van der Waals surface area contributed by atoms with Crippen LogP contribution in [-0.4, -0.2) is 143 Å². The van der Waals surface area contributed by atoms with Gasteiger partial charge in [-0.3, -0.25) is 0 Å². The summed E-state index contributed by atoms with van der Waals surface area (Å²) in [5, 5.41) is 8.55. The molecular formula is C24H50O11. The van der Waals surface area contributed by atoms with Crippen LogP contribution in [0.25, 0.3) is 0 Å². The molecule has 0 saturated carbocycles. The smallest absolute Gasteiger partial charge is 0.0707 e. The van der Waals surface area contributed by atoms with Crippen molar-refractivity contribution in [2.45, 2.75) is 26.4 Å². The molecule has 11 heteroatoms. The van der Waals surface area contributed by atoms with Gasteiger partial charge in [0.25, 0.3) is 0 Å². The zero-order valence-electron chi connectivity index (χ0n) is 22.2. The fourth-order valence-electron chi connectivity index (χ4n) is 2.33. The molecule has 0 aromatic carbocycles. The molecule has 0 spiro atoms. The summed E-state index contributed by atoms with van der Waals surface area (Å²) in [5.41, 5.74) is -0.129.